The van der Waals surface area contributed by atoms with Gasteiger partial charge in [0.15, 0.2) is 13.1 Å². The van der Waals surface area contributed by atoms with E-state index in [9.17, 15) is 14.4 Å². The number of alkyl carbamates (subject to hydrolysis) is 1. The topological polar surface area (TPSA) is 98.2 Å². The van der Waals surface area contributed by atoms with Crippen LogP contribution in [0.2, 0.25) is 5.02 Å². The molecule has 0 bridgehead atoms. The van der Waals surface area contributed by atoms with E-state index in [0.717, 1.165) is 0 Å². The van der Waals surface area contributed by atoms with Gasteiger partial charge in [-0.05, 0) is 32.0 Å². The maximum absolute atomic E-state index is 12.2. The molecule has 25 heavy (non-hydrogen) atoms. The molecule has 1 atom stereocenters. The molecule has 0 spiro atoms. The van der Waals surface area contributed by atoms with Crippen molar-refractivity contribution in [3.05, 3.63) is 23.2 Å². The molecule has 0 aromatic heterocycles. The van der Waals surface area contributed by atoms with Gasteiger partial charge in [-0.15, -0.1) is 0 Å². The third-order valence-corrected chi connectivity index (χ3v) is 3.51. The van der Waals surface area contributed by atoms with E-state index in [-0.39, 0.29) is 25.6 Å². The zero-order chi connectivity index (χ0) is 18.8. The summed E-state index contributed by atoms with van der Waals surface area (Å²) >= 11 is 5.92. The maximum atomic E-state index is 12.2. The van der Waals surface area contributed by atoms with Crippen molar-refractivity contribution in [1.29, 1.82) is 0 Å². The highest BCUT2D eigenvalue weighted by molar-refractivity contribution is 6.31. The van der Waals surface area contributed by atoms with Gasteiger partial charge in [0, 0.05) is 5.02 Å². The number of amides is 3. The van der Waals surface area contributed by atoms with Gasteiger partial charge in [0.2, 0.25) is 0 Å². The third kappa shape index (κ3) is 7.40. The van der Waals surface area contributed by atoms with E-state index in [1.807, 2.05) is 6.92 Å². The van der Waals surface area contributed by atoms with Gasteiger partial charge in [0.25, 0.3) is 11.8 Å². The molecule has 0 fully saturated rings. The second-order valence-electron chi connectivity index (χ2n) is 5.12. The van der Waals surface area contributed by atoms with Crippen molar-refractivity contribution in [3.63, 3.8) is 0 Å². The molecule has 3 amide bonds. The average Bonchev–Trinajstić information content (AvgIpc) is 2.54. The van der Waals surface area contributed by atoms with Gasteiger partial charge in [-0.1, -0.05) is 11.6 Å². The Morgan fingerprint density at radius 2 is 1.84 bits per heavy atom. The number of hydrogen-bond donors (Lipinski definition) is 3. The highest BCUT2D eigenvalue weighted by Gasteiger charge is 2.19. The predicted octanol–water partition coefficient (Wildman–Crippen LogP) is 0.465. The van der Waals surface area contributed by atoms with Crippen molar-refractivity contribution in [3.8, 4) is 5.75 Å². The molecule has 1 unspecified atom stereocenters. The minimum atomic E-state index is -0.795. The van der Waals surface area contributed by atoms with Gasteiger partial charge >= 0.3 is 6.09 Å². The number of methoxy groups -OCH3 is 1. The van der Waals surface area contributed by atoms with Gasteiger partial charge in [-0.25, -0.2) is 4.79 Å². The molecule has 0 heterocycles. The van der Waals surface area contributed by atoms with Crippen LogP contribution in [-0.4, -0.2) is 51.3 Å². The summed E-state index contributed by atoms with van der Waals surface area (Å²) in [4.78, 5) is 35.9. The Morgan fingerprint density at radius 3 is 2.44 bits per heavy atom. The van der Waals surface area contributed by atoms with E-state index in [4.69, 9.17) is 16.3 Å². The fraction of sp³-hybridized carbons (Fsp3) is 0.438. The summed E-state index contributed by atoms with van der Waals surface area (Å²) < 4.78 is 9.81. The summed E-state index contributed by atoms with van der Waals surface area (Å²) in [5.41, 5.74) is 0.450. The Kier molecular flexibility index (Phi) is 8.73. The van der Waals surface area contributed by atoms with Gasteiger partial charge < -0.3 is 19.7 Å². The number of anilines is 1. The number of ether oxygens (including phenoxy) is 2. The molecule has 1 rings (SSSR count). The van der Waals surface area contributed by atoms with Crippen LogP contribution in [0.3, 0.4) is 0 Å². The molecule has 9 heteroatoms. The second-order valence-corrected chi connectivity index (χ2v) is 5.55. The zero-order valence-electron chi connectivity index (χ0n) is 14.5. The molecule has 8 nitrogen and oxygen atoms in total. The average molecular weight is 373 g/mol. The molecule has 0 saturated carbocycles. The highest BCUT2D eigenvalue weighted by atomic mass is 35.5. The van der Waals surface area contributed by atoms with Crippen LogP contribution in [-0.2, 0) is 14.3 Å². The summed E-state index contributed by atoms with van der Waals surface area (Å²) in [5.74, 6) is -0.333. The van der Waals surface area contributed by atoms with Gasteiger partial charge in [-0.3, -0.25) is 14.9 Å². The number of benzene rings is 1. The summed E-state index contributed by atoms with van der Waals surface area (Å²) in [6.07, 6.45) is -0.795. The molecule has 3 N–H and O–H groups in total. The van der Waals surface area contributed by atoms with Gasteiger partial charge in [-0.2, -0.15) is 0 Å². The molecule has 1 aromatic rings. The summed E-state index contributed by atoms with van der Waals surface area (Å²) in [5, 5.41) is 5.28. The number of quaternary nitrogens is 1. The fourth-order valence-electron chi connectivity index (χ4n) is 2.06. The SMILES string of the molecule is CCOC(=O)NC(=O)C[NH+](CC)CC(=O)Nc1cc(Cl)ccc1OC. The minimum Gasteiger partial charge on any atom is -0.495 e. The number of nitrogens with one attached hydrogen (secondary N) is 3. The molecule has 1 aromatic carbocycles. The quantitative estimate of drug-likeness (QED) is 0.616. The van der Waals surface area contributed by atoms with Crippen LogP contribution < -0.4 is 20.3 Å². The van der Waals surface area contributed by atoms with E-state index >= 15 is 0 Å². The summed E-state index contributed by atoms with van der Waals surface area (Å²) in [6, 6.07) is 4.88. The molecule has 0 aliphatic heterocycles. The standard InChI is InChI=1S/C16H22ClN3O5/c1-4-20(10-15(22)19-16(23)25-5-2)9-14(21)18-12-8-11(17)6-7-13(12)24-3/h6-8H,4-5,9-10H2,1-3H3,(H,18,21)(H,19,22,23)/p+1. The normalized spacial score (nSPS) is 11.4. The Labute approximate surface area is 151 Å². The zero-order valence-corrected chi connectivity index (χ0v) is 15.2. The first-order valence-electron chi connectivity index (χ1n) is 7.83. The minimum absolute atomic E-state index is 0.0323. The lowest BCUT2D eigenvalue weighted by atomic mass is 10.3. The smallest absolute Gasteiger partial charge is 0.414 e. The second kappa shape index (κ2) is 10.5. The first-order chi connectivity index (χ1) is 11.9. The largest absolute Gasteiger partial charge is 0.495 e. The molecular weight excluding hydrogens is 350 g/mol. The Balaban J connectivity index is 2.60. The fourth-order valence-corrected chi connectivity index (χ4v) is 2.24. The van der Waals surface area contributed by atoms with E-state index in [2.05, 4.69) is 15.4 Å². The Morgan fingerprint density at radius 1 is 1.16 bits per heavy atom. The summed E-state index contributed by atoms with van der Waals surface area (Å²) in [7, 11) is 1.49. The van der Waals surface area contributed by atoms with Crippen LogP contribution in [0, 0.1) is 0 Å². The van der Waals surface area contributed by atoms with Crippen molar-refractivity contribution in [1.82, 2.24) is 5.32 Å². The van der Waals surface area contributed by atoms with E-state index in [1.54, 1.807) is 25.1 Å². The van der Waals surface area contributed by atoms with Crippen molar-refractivity contribution >= 4 is 35.2 Å². The van der Waals surface area contributed by atoms with Crippen molar-refractivity contribution in [2.24, 2.45) is 0 Å². The Bertz CT molecular complexity index is 624. The van der Waals surface area contributed by atoms with E-state index < -0.39 is 12.0 Å². The number of carbonyl (C=O) groups is 3. The lowest BCUT2D eigenvalue weighted by molar-refractivity contribution is -0.881. The van der Waals surface area contributed by atoms with Crippen molar-refractivity contribution in [2.75, 3.05) is 38.7 Å². The third-order valence-electron chi connectivity index (χ3n) is 3.27. The lowest BCUT2D eigenvalue weighted by Crippen LogP contribution is -3.14. The lowest BCUT2D eigenvalue weighted by Gasteiger charge is -2.17. The Hall–Kier alpha value is -2.32. The monoisotopic (exact) mass is 372 g/mol. The predicted molar refractivity (Wildman–Crippen MR) is 93.0 cm³/mol. The van der Waals surface area contributed by atoms with Crippen molar-refractivity contribution < 1.29 is 28.8 Å². The molecule has 0 aliphatic rings. The van der Waals surface area contributed by atoms with Gasteiger partial charge in [0.05, 0.1) is 25.9 Å². The number of halogens is 1. The maximum Gasteiger partial charge on any atom is 0.414 e. The van der Waals surface area contributed by atoms with Crippen LogP contribution in [0.15, 0.2) is 18.2 Å². The number of likely N-dealkylation sites (N-methyl/N-ethyl adjacent to an activating group) is 1. The molecule has 0 saturated heterocycles. The first-order valence-corrected chi connectivity index (χ1v) is 8.20. The van der Waals surface area contributed by atoms with Crippen LogP contribution in [0.4, 0.5) is 10.5 Å². The molecular formula is C16H23ClN3O5+. The molecule has 138 valence electrons. The van der Waals surface area contributed by atoms with Crippen molar-refractivity contribution in [2.45, 2.75) is 13.8 Å². The highest BCUT2D eigenvalue weighted by Crippen LogP contribution is 2.27. The van der Waals surface area contributed by atoms with Crippen LogP contribution in [0.1, 0.15) is 13.8 Å². The van der Waals surface area contributed by atoms with E-state index in [1.165, 1.54) is 7.11 Å². The van der Waals surface area contributed by atoms with Gasteiger partial charge in [0.1, 0.15) is 5.75 Å². The number of hydrogen-bond acceptors (Lipinski definition) is 5. The summed E-state index contributed by atoms with van der Waals surface area (Å²) in [6.45, 7) is 4.18. The number of carbonyl (C=O) groups excluding carboxylic acids is 3. The number of rotatable bonds is 8. The molecule has 0 radical (unpaired) electrons. The van der Waals surface area contributed by atoms with E-state index in [0.29, 0.717) is 27.9 Å². The molecule has 0 aliphatic carbocycles. The first kappa shape index (κ1) is 20.7. The van der Waals surface area contributed by atoms with Crippen LogP contribution >= 0.6 is 11.6 Å². The van der Waals surface area contributed by atoms with Crippen LogP contribution in [0.5, 0.6) is 5.75 Å². The van der Waals surface area contributed by atoms with Crippen LogP contribution in [0.25, 0.3) is 0 Å². The number of imide groups is 1.